The molecule has 0 aliphatic carbocycles. The molecule has 0 saturated carbocycles. The number of imidazole rings is 1. The number of carbonyl (C=O) groups excluding carboxylic acids is 1. The van der Waals surface area contributed by atoms with Crippen molar-refractivity contribution in [2.75, 3.05) is 13.6 Å². The minimum Gasteiger partial charge on any atom is -0.347 e. The van der Waals surface area contributed by atoms with Gasteiger partial charge < -0.3 is 15.6 Å². The first-order valence-corrected chi connectivity index (χ1v) is 5.08. The second-order valence-electron chi connectivity index (χ2n) is 3.71. The van der Waals surface area contributed by atoms with E-state index in [-0.39, 0.29) is 11.8 Å². The quantitative estimate of drug-likeness (QED) is 0.736. The van der Waals surface area contributed by atoms with Gasteiger partial charge in [-0.3, -0.25) is 4.79 Å². The minimum atomic E-state index is -0.0186. The molecule has 1 heterocycles. The summed E-state index contributed by atoms with van der Waals surface area (Å²) in [6, 6.07) is 0. The summed E-state index contributed by atoms with van der Waals surface area (Å²) in [7, 11) is 1.78. The Hall–Kier alpha value is -1.36. The molecule has 0 aromatic carbocycles. The van der Waals surface area contributed by atoms with Gasteiger partial charge in [0.15, 0.2) is 0 Å². The van der Waals surface area contributed by atoms with Crippen LogP contribution in [0.5, 0.6) is 0 Å². The Morgan fingerprint density at radius 3 is 3.00 bits per heavy atom. The summed E-state index contributed by atoms with van der Waals surface area (Å²) in [5, 5.41) is 0. The molecule has 84 valence electrons. The lowest BCUT2D eigenvalue weighted by atomic mass is 10.1. The molecule has 0 bridgehead atoms. The average molecular weight is 210 g/mol. The standard InChI is InChI=1S/C10H18N4O/c1-8(3-4-11)10(15)14(2)7-9-12-5-6-13-9/h5-6,8H,3-4,7,11H2,1-2H3,(H,12,13). The van der Waals surface area contributed by atoms with Crippen molar-refractivity contribution in [1.29, 1.82) is 0 Å². The second kappa shape index (κ2) is 5.50. The van der Waals surface area contributed by atoms with Crippen LogP contribution in [-0.2, 0) is 11.3 Å². The summed E-state index contributed by atoms with van der Waals surface area (Å²) in [6.45, 7) is 2.95. The Bertz CT molecular complexity index is 296. The molecule has 15 heavy (non-hydrogen) atoms. The molecule has 0 aliphatic heterocycles. The molecule has 5 heteroatoms. The van der Waals surface area contributed by atoms with E-state index in [4.69, 9.17) is 5.73 Å². The molecule has 0 spiro atoms. The Morgan fingerprint density at radius 1 is 1.73 bits per heavy atom. The number of hydrogen-bond donors (Lipinski definition) is 2. The van der Waals surface area contributed by atoms with Crippen molar-refractivity contribution in [3.8, 4) is 0 Å². The van der Waals surface area contributed by atoms with Gasteiger partial charge in [0.1, 0.15) is 5.82 Å². The van der Waals surface area contributed by atoms with E-state index in [0.717, 1.165) is 12.2 Å². The number of aromatic nitrogens is 2. The molecule has 0 saturated heterocycles. The van der Waals surface area contributed by atoms with E-state index in [0.29, 0.717) is 13.1 Å². The molecule has 1 rings (SSSR count). The summed E-state index contributed by atoms with van der Waals surface area (Å²) < 4.78 is 0. The fraction of sp³-hybridized carbons (Fsp3) is 0.600. The van der Waals surface area contributed by atoms with E-state index < -0.39 is 0 Å². The zero-order chi connectivity index (χ0) is 11.3. The van der Waals surface area contributed by atoms with E-state index in [1.165, 1.54) is 0 Å². The number of nitrogens with two attached hydrogens (primary N) is 1. The smallest absolute Gasteiger partial charge is 0.225 e. The van der Waals surface area contributed by atoms with E-state index in [1.807, 2.05) is 6.92 Å². The number of nitrogens with zero attached hydrogens (tertiary/aromatic N) is 2. The summed E-state index contributed by atoms with van der Waals surface area (Å²) >= 11 is 0. The van der Waals surface area contributed by atoms with Gasteiger partial charge in [0.25, 0.3) is 0 Å². The molecule has 0 radical (unpaired) electrons. The Balaban J connectivity index is 2.46. The molecule has 1 aromatic heterocycles. The third kappa shape index (κ3) is 3.36. The minimum absolute atomic E-state index is 0.0186. The van der Waals surface area contributed by atoms with Crippen LogP contribution in [0, 0.1) is 5.92 Å². The third-order valence-electron chi connectivity index (χ3n) is 2.34. The monoisotopic (exact) mass is 210 g/mol. The number of hydrogen-bond acceptors (Lipinski definition) is 3. The van der Waals surface area contributed by atoms with Gasteiger partial charge in [-0.2, -0.15) is 0 Å². The van der Waals surface area contributed by atoms with E-state index >= 15 is 0 Å². The van der Waals surface area contributed by atoms with Gasteiger partial charge in [-0.25, -0.2) is 4.98 Å². The maximum absolute atomic E-state index is 11.8. The lowest BCUT2D eigenvalue weighted by Gasteiger charge is -2.19. The number of carbonyl (C=O) groups is 1. The highest BCUT2D eigenvalue weighted by atomic mass is 16.2. The van der Waals surface area contributed by atoms with Crippen molar-refractivity contribution < 1.29 is 4.79 Å². The highest BCUT2D eigenvalue weighted by molar-refractivity contribution is 5.78. The normalized spacial score (nSPS) is 12.5. The first-order chi connectivity index (χ1) is 7.15. The van der Waals surface area contributed by atoms with Crippen LogP contribution in [0.3, 0.4) is 0 Å². The molecule has 3 N–H and O–H groups in total. The van der Waals surface area contributed by atoms with Crippen LogP contribution in [-0.4, -0.2) is 34.4 Å². The summed E-state index contributed by atoms with van der Waals surface area (Å²) in [5.41, 5.74) is 5.41. The topological polar surface area (TPSA) is 75.0 Å². The Labute approximate surface area is 89.7 Å². The maximum Gasteiger partial charge on any atom is 0.225 e. The lowest BCUT2D eigenvalue weighted by molar-refractivity contribution is -0.134. The van der Waals surface area contributed by atoms with Crippen molar-refractivity contribution in [2.45, 2.75) is 19.9 Å². The van der Waals surface area contributed by atoms with Gasteiger partial charge in [0.05, 0.1) is 6.54 Å². The van der Waals surface area contributed by atoms with E-state index in [1.54, 1.807) is 24.3 Å². The van der Waals surface area contributed by atoms with Gasteiger partial charge in [-0.05, 0) is 13.0 Å². The summed E-state index contributed by atoms with van der Waals surface area (Å²) in [5.74, 6) is 0.887. The zero-order valence-corrected chi connectivity index (χ0v) is 9.23. The molecular weight excluding hydrogens is 192 g/mol. The van der Waals surface area contributed by atoms with Gasteiger partial charge in [0.2, 0.25) is 5.91 Å². The van der Waals surface area contributed by atoms with Gasteiger partial charge in [0, 0.05) is 25.4 Å². The zero-order valence-electron chi connectivity index (χ0n) is 9.23. The van der Waals surface area contributed by atoms with Crippen LogP contribution in [0.2, 0.25) is 0 Å². The Kier molecular flexibility index (Phi) is 4.30. The lowest BCUT2D eigenvalue weighted by Crippen LogP contribution is -2.32. The van der Waals surface area contributed by atoms with Gasteiger partial charge in [-0.15, -0.1) is 0 Å². The van der Waals surface area contributed by atoms with Crippen LogP contribution in [0.1, 0.15) is 19.2 Å². The molecule has 0 fully saturated rings. The summed E-state index contributed by atoms with van der Waals surface area (Å²) in [4.78, 5) is 20.5. The average Bonchev–Trinajstić information content (AvgIpc) is 2.69. The van der Waals surface area contributed by atoms with Crippen molar-refractivity contribution in [1.82, 2.24) is 14.9 Å². The van der Waals surface area contributed by atoms with Crippen molar-refractivity contribution in [2.24, 2.45) is 11.7 Å². The van der Waals surface area contributed by atoms with Crippen LogP contribution in [0.15, 0.2) is 12.4 Å². The molecule has 0 aliphatic rings. The SMILES string of the molecule is CC(CCN)C(=O)N(C)Cc1ncc[nH]1. The summed E-state index contributed by atoms with van der Waals surface area (Å²) in [6.07, 6.45) is 4.15. The number of amides is 1. The first-order valence-electron chi connectivity index (χ1n) is 5.08. The van der Waals surface area contributed by atoms with E-state index in [2.05, 4.69) is 9.97 Å². The van der Waals surface area contributed by atoms with Crippen LogP contribution < -0.4 is 5.73 Å². The Morgan fingerprint density at radius 2 is 2.47 bits per heavy atom. The first kappa shape index (κ1) is 11.7. The largest absolute Gasteiger partial charge is 0.347 e. The predicted octanol–water partition coefficient (Wildman–Crippen LogP) is 0.353. The fourth-order valence-corrected chi connectivity index (χ4v) is 1.44. The van der Waals surface area contributed by atoms with E-state index in [9.17, 15) is 4.79 Å². The third-order valence-corrected chi connectivity index (χ3v) is 2.34. The predicted molar refractivity (Wildman–Crippen MR) is 57.9 cm³/mol. The number of nitrogens with one attached hydrogen (secondary N) is 1. The number of rotatable bonds is 5. The molecule has 1 unspecified atom stereocenters. The molecule has 5 nitrogen and oxygen atoms in total. The second-order valence-corrected chi connectivity index (χ2v) is 3.71. The van der Waals surface area contributed by atoms with Gasteiger partial charge in [-0.1, -0.05) is 6.92 Å². The van der Waals surface area contributed by atoms with Crippen LogP contribution in [0.4, 0.5) is 0 Å². The molecular formula is C10H18N4O. The van der Waals surface area contributed by atoms with Gasteiger partial charge >= 0.3 is 0 Å². The van der Waals surface area contributed by atoms with Crippen LogP contribution in [0.25, 0.3) is 0 Å². The maximum atomic E-state index is 11.8. The van der Waals surface area contributed by atoms with Crippen LogP contribution >= 0.6 is 0 Å². The number of aromatic amines is 1. The van der Waals surface area contributed by atoms with Crippen molar-refractivity contribution in [3.63, 3.8) is 0 Å². The molecule has 1 amide bonds. The highest BCUT2D eigenvalue weighted by Crippen LogP contribution is 2.06. The fourth-order valence-electron chi connectivity index (χ4n) is 1.44. The molecule has 1 aromatic rings. The molecule has 1 atom stereocenters. The van der Waals surface area contributed by atoms with Crippen molar-refractivity contribution in [3.05, 3.63) is 18.2 Å². The van der Waals surface area contributed by atoms with Crippen molar-refractivity contribution >= 4 is 5.91 Å². The highest BCUT2D eigenvalue weighted by Gasteiger charge is 2.17. The number of H-pyrrole nitrogens is 1.